The molecule has 2 aromatic heterocycles. The van der Waals surface area contributed by atoms with Crippen molar-refractivity contribution in [3.05, 3.63) is 40.7 Å². The highest BCUT2D eigenvalue weighted by Gasteiger charge is 2.36. The summed E-state index contributed by atoms with van der Waals surface area (Å²) in [5.41, 5.74) is 8.19. The van der Waals surface area contributed by atoms with Gasteiger partial charge in [0.05, 0.1) is 11.2 Å². The zero-order chi connectivity index (χ0) is 12.6. The van der Waals surface area contributed by atoms with Gasteiger partial charge in [0.2, 0.25) is 0 Å². The lowest BCUT2D eigenvalue weighted by Crippen LogP contribution is -2.44. The molecule has 94 valence electrons. The average Bonchev–Trinajstić information content (AvgIpc) is 2.78. The van der Waals surface area contributed by atoms with Crippen LogP contribution in [-0.4, -0.2) is 17.0 Å². The van der Waals surface area contributed by atoms with Crippen molar-refractivity contribution in [3.8, 4) is 0 Å². The molecule has 0 spiro atoms. The van der Waals surface area contributed by atoms with Crippen LogP contribution in [0.3, 0.4) is 0 Å². The van der Waals surface area contributed by atoms with Gasteiger partial charge in [-0.15, -0.1) is 11.3 Å². The third-order valence-electron chi connectivity index (χ3n) is 3.74. The van der Waals surface area contributed by atoms with Crippen LogP contribution in [0.4, 0.5) is 5.13 Å². The third kappa shape index (κ3) is 1.79. The Bertz CT molecular complexity index is 551. The minimum Gasteiger partial charge on any atom is -0.375 e. The molecule has 0 saturated carbocycles. The molecule has 2 aromatic rings. The van der Waals surface area contributed by atoms with Crippen LogP contribution in [0.2, 0.25) is 0 Å². The van der Waals surface area contributed by atoms with Crippen molar-refractivity contribution >= 4 is 16.5 Å². The predicted molar refractivity (Wildman–Crippen MR) is 73.5 cm³/mol. The number of fused-ring (bicyclic) bond motifs is 1. The van der Waals surface area contributed by atoms with E-state index in [1.54, 1.807) is 11.3 Å². The fraction of sp³-hybridized carbons (Fsp3) is 0.385. The zero-order valence-electron chi connectivity index (χ0n) is 10.3. The molecule has 0 bridgehead atoms. The summed E-state index contributed by atoms with van der Waals surface area (Å²) in [6.07, 6.45) is 6.71. The SMILES string of the molecule is CNC1(c2cccnc2)CCc2nc(N)sc2C1. The van der Waals surface area contributed by atoms with Crippen LogP contribution >= 0.6 is 11.3 Å². The summed E-state index contributed by atoms with van der Waals surface area (Å²) in [6.45, 7) is 0. The summed E-state index contributed by atoms with van der Waals surface area (Å²) in [7, 11) is 2.02. The second-order valence-corrected chi connectivity index (χ2v) is 5.79. The van der Waals surface area contributed by atoms with E-state index in [1.165, 1.54) is 16.1 Å². The molecular weight excluding hydrogens is 244 g/mol. The van der Waals surface area contributed by atoms with E-state index >= 15 is 0 Å². The number of aryl methyl sites for hydroxylation is 1. The number of anilines is 1. The van der Waals surface area contributed by atoms with Gasteiger partial charge in [0.1, 0.15) is 0 Å². The smallest absolute Gasteiger partial charge is 0.180 e. The second-order valence-electron chi connectivity index (χ2n) is 4.67. The molecule has 0 amide bonds. The quantitative estimate of drug-likeness (QED) is 0.863. The lowest BCUT2D eigenvalue weighted by Gasteiger charge is -2.36. The topological polar surface area (TPSA) is 63.8 Å². The first kappa shape index (κ1) is 11.6. The molecule has 0 saturated heterocycles. The maximum absolute atomic E-state index is 5.80. The summed E-state index contributed by atoms with van der Waals surface area (Å²) in [5, 5.41) is 4.16. The van der Waals surface area contributed by atoms with Crippen LogP contribution in [-0.2, 0) is 18.4 Å². The van der Waals surface area contributed by atoms with Crippen LogP contribution in [0, 0.1) is 0 Å². The first-order valence-corrected chi connectivity index (χ1v) is 6.89. The number of nitrogens with one attached hydrogen (secondary N) is 1. The zero-order valence-corrected chi connectivity index (χ0v) is 11.1. The molecule has 3 rings (SSSR count). The Hall–Kier alpha value is -1.46. The Balaban J connectivity index is 2.01. The molecule has 0 aromatic carbocycles. The highest BCUT2D eigenvalue weighted by atomic mass is 32.1. The normalized spacial score (nSPS) is 22.7. The molecule has 1 aliphatic carbocycles. The molecule has 5 heteroatoms. The van der Waals surface area contributed by atoms with Crippen LogP contribution in [0.5, 0.6) is 0 Å². The number of aromatic nitrogens is 2. The van der Waals surface area contributed by atoms with Gasteiger partial charge in [0, 0.05) is 23.7 Å². The molecule has 0 radical (unpaired) electrons. The minimum absolute atomic E-state index is 0.0275. The Kier molecular flexibility index (Phi) is 2.80. The molecule has 4 nitrogen and oxygen atoms in total. The summed E-state index contributed by atoms with van der Waals surface area (Å²) in [6, 6.07) is 4.13. The molecule has 18 heavy (non-hydrogen) atoms. The summed E-state index contributed by atoms with van der Waals surface area (Å²) >= 11 is 1.61. The molecule has 2 heterocycles. The van der Waals surface area contributed by atoms with Gasteiger partial charge in [-0.05, 0) is 31.5 Å². The first-order chi connectivity index (χ1) is 8.73. The molecule has 1 aliphatic rings. The van der Waals surface area contributed by atoms with Crippen molar-refractivity contribution in [2.24, 2.45) is 0 Å². The lowest BCUT2D eigenvalue weighted by molar-refractivity contribution is 0.315. The highest BCUT2D eigenvalue weighted by Crippen LogP contribution is 2.38. The van der Waals surface area contributed by atoms with Gasteiger partial charge in [-0.3, -0.25) is 4.98 Å². The van der Waals surface area contributed by atoms with Gasteiger partial charge in [-0.25, -0.2) is 4.98 Å². The number of hydrogen-bond donors (Lipinski definition) is 2. The average molecular weight is 260 g/mol. The summed E-state index contributed by atoms with van der Waals surface area (Å²) in [4.78, 5) is 9.94. The van der Waals surface area contributed by atoms with Crippen LogP contribution in [0.15, 0.2) is 24.5 Å². The van der Waals surface area contributed by atoms with Gasteiger partial charge < -0.3 is 11.1 Å². The van der Waals surface area contributed by atoms with Crippen molar-refractivity contribution in [3.63, 3.8) is 0 Å². The largest absolute Gasteiger partial charge is 0.375 e. The minimum atomic E-state index is -0.0275. The van der Waals surface area contributed by atoms with Crippen LogP contribution < -0.4 is 11.1 Å². The first-order valence-electron chi connectivity index (χ1n) is 6.07. The number of thiazole rings is 1. The van der Waals surface area contributed by atoms with E-state index in [0.717, 1.165) is 19.3 Å². The summed E-state index contributed by atoms with van der Waals surface area (Å²) in [5.74, 6) is 0. The lowest BCUT2D eigenvalue weighted by atomic mass is 9.78. The van der Waals surface area contributed by atoms with E-state index in [4.69, 9.17) is 5.73 Å². The van der Waals surface area contributed by atoms with E-state index < -0.39 is 0 Å². The second kappa shape index (κ2) is 4.33. The van der Waals surface area contributed by atoms with Crippen molar-refractivity contribution in [1.29, 1.82) is 0 Å². The molecule has 1 unspecified atom stereocenters. The molecule has 0 aliphatic heterocycles. The van der Waals surface area contributed by atoms with Crippen molar-refractivity contribution < 1.29 is 0 Å². The number of nitrogens with two attached hydrogens (primary N) is 1. The third-order valence-corrected chi connectivity index (χ3v) is 4.67. The maximum Gasteiger partial charge on any atom is 0.180 e. The standard InChI is InChI=1S/C13H16N4S/c1-15-13(9-3-2-6-16-8-9)5-4-10-11(7-13)18-12(14)17-10/h2-3,6,8,15H,4-5,7H2,1H3,(H2,14,17). The van der Waals surface area contributed by atoms with Crippen molar-refractivity contribution in [1.82, 2.24) is 15.3 Å². The van der Waals surface area contributed by atoms with Gasteiger partial charge in [-0.1, -0.05) is 6.07 Å². The Labute approximate surface area is 110 Å². The number of nitrogen functional groups attached to an aromatic ring is 1. The van der Waals surface area contributed by atoms with E-state index in [-0.39, 0.29) is 5.54 Å². The van der Waals surface area contributed by atoms with Gasteiger partial charge in [0.25, 0.3) is 0 Å². The highest BCUT2D eigenvalue weighted by molar-refractivity contribution is 7.15. The van der Waals surface area contributed by atoms with E-state index in [1.807, 2.05) is 25.5 Å². The van der Waals surface area contributed by atoms with Gasteiger partial charge in [-0.2, -0.15) is 0 Å². The number of likely N-dealkylation sites (N-methyl/N-ethyl adjacent to an activating group) is 1. The molecule has 3 N–H and O–H groups in total. The van der Waals surface area contributed by atoms with Crippen LogP contribution in [0.25, 0.3) is 0 Å². The van der Waals surface area contributed by atoms with Gasteiger partial charge in [0.15, 0.2) is 5.13 Å². The molecular formula is C13H16N4S. The van der Waals surface area contributed by atoms with E-state index in [2.05, 4.69) is 21.4 Å². The molecule has 0 fully saturated rings. The Morgan fingerprint density at radius 3 is 3.11 bits per heavy atom. The summed E-state index contributed by atoms with van der Waals surface area (Å²) < 4.78 is 0. The Morgan fingerprint density at radius 1 is 1.50 bits per heavy atom. The monoisotopic (exact) mass is 260 g/mol. The van der Waals surface area contributed by atoms with E-state index in [9.17, 15) is 0 Å². The van der Waals surface area contributed by atoms with Gasteiger partial charge >= 0.3 is 0 Å². The fourth-order valence-electron chi connectivity index (χ4n) is 2.68. The number of pyridine rings is 1. The van der Waals surface area contributed by atoms with E-state index in [0.29, 0.717) is 5.13 Å². The Morgan fingerprint density at radius 2 is 2.39 bits per heavy atom. The number of hydrogen-bond acceptors (Lipinski definition) is 5. The predicted octanol–water partition coefficient (Wildman–Crippen LogP) is 1.72. The number of nitrogens with zero attached hydrogens (tertiary/aromatic N) is 2. The van der Waals surface area contributed by atoms with Crippen LogP contribution in [0.1, 0.15) is 22.6 Å². The maximum atomic E-state index is 5.80. The molecule has 1 atom stereocenters. The van der Waals surface area contributed by atoms with Crippen molar-refractivity contribution in [2.45, 2.75) is 24.8 Å². The van der Waals surface area contributed by atoms with Crippen molar-refractivity contribution in [2.75, 3.05) is 12.8 Å². The fourth-order valence-corrected chi connectivity index (χ4v) is 3.67. The number of rotatable bonds is 2.